The van der Waals surface area contributed by atoms with E-state index in [1.807, 2.05) is 6.92 Å². The van der Waals surface area contributed by atoms with Crippen molar-refractivity contribution in [3.05, 3.63) is 0 Å². The minimum absolute atomic E-state index is 0.0451. The molecule has 1 saturated heterocycles. The second-order valence-corrected chi connectivity index (χ2v) is 3.10. The Morgan fingerprint density at radius 3 is 2.91 bits per heavy atom. The van der Waals surface area contributed by atoms with Crippen LogP contribution < -0.4 is 0 Å². The van der Waals surface area contributed by atoms with Crippen LogP contribution in [0, 0.1) is 0 Å². The van der Waals surface area contributed by atoms with Gasteiger partial charge in [0.25, 0.3) is 0 Å². The molecule has 0 aromatic carbocycles. The highest BCUT2D eigenvalue weighted by atomic mass is 16.5. The molecule has 3 heteroatoms. The Labute approximate surface area is 66.4 Å². The van der Waals surface area contributed by atoms with E-state index in [9.17, 15) is 4.79 Å². The van der Waals surface area contributed by atoms with E-state index in [-0.39, 0.29) is 18.6 Å². The third kappa shape index (κ3) is 2.89. The van der Waals surface area contributed by atoms with Crippen LogP contribution in [-0.4, -0.2) is 23.3 Å². The van der Waals surface area contributed by atoms with Crippen LogP contribution in [0.3, 0.4) is 0 Å². The molecule has 1 aliphatic heterocycles. The van der Waals surface area contributed by atoms with Crippen molar-refractivity contribution in [3.8, 4) is 0 Å². The minimum atomic E-state index is -0.760. The molecule has 2 atom stereocenters. The number of carboxylic acids is 1. The molecule has 0 amide bonds. The number of carboxylic acid groups (broad SMARTS) is 1. The SMILES string of the molecule is C[C@H]1CCC[C@H](CC(=O)O)O1. The van der Waals surface area contributed by atoms with E-state index >= 15 is 0 Å². The molecule has 1 fully saturated rings. The van der Waals surface area contributed by atoms with Crippen molar-refractivity contribution in [3.63, 3.8) is 0 Å². The highest BCUT2D eigenvalue weighted by molar-refractivity contribution is 5.67. The zero-order chi connectivity index (χ0) is 8.27. The Bertz CT molecular complexity index is 144. The van der Waals surface area contributed by atoms with Crippen LogP contribution in [0.15, 0.2) is 0 Å². The highest BCUT2D eigenvalue weighted by Gasteiger charge is 2.20. The van der Waals surface area contributed by atoms with E-state index < -0.39 is 5.97 Å². The number of rotatable bonds is 2. The van der Waals surface area contributed by atoms with Crippen molar-refractivity contribution in [2.24, 2.45) is 0 Å². The van der Waals surface area contributed by atoms with E-state index in [1.54, 1.807) is 0 Å². The van der Waals surface area contributed by atoms with Gasteiger partial charge < -0.3 is 9.84 Å². The third-order valence-corrected chi connectivity index (χ3v) is 1.96. The maximum atomic E-state index is 10.3. The average molecular weight is 158 g/mol. The normalized spacial score (nSPS) is 31.7. The van der Waals surface area contributed by atoms with Crippen molar-refractivity contribution in [1.82, 2.24) is 0 Å². The van der Waals surface area contributed by atoms with Crippen LogP contribution in [0.4, 0.5) is 0 Å². The van der Waals surface area contributed by atoms with Crippen LogP contribution in [0.1, 0.15) is 32.6 Å². The monoisotopic (exact) mass is 158 g/mol. The standard InChI is InChI=1S/C8H14O3/c1-6-3-2-4-7(11-6)5-8(9)10/h6-7H,2-5H2,1H3,(H,9,10)/t6-,7+/m0/s1. The van der Waals surface area contributed by atoms with Gasteiger partial charge >= 0.3 is 5.97 Å². The molecule has 0 bridgehead atoms. The van der Waals surface area contributed by atoms with Crippen LogP contribution in [-0.2, 0) is 9.53 Å². The lowest BCUT2D eigenvalue weighted by Crippen LogP contribution is -2.27. The van der Waals surface area contributed by atoms with E-state index in [1.165, 1.54) is 0 Å². The fourth-order valence-electron chi connectivity index (χ4n) is 1.44. The predicted molar refractivity (Wildman–Crippen MR) is 40.4 cm³/mol. The topological polar surface area (TPSA) is 46.5 Å². The summed E-state index contributed by atoms with van der Waals surface area (Å²) >= 11 is 0. The molecule has 0 spiro atoms. The van der Waals surface area contributed by atoms with Crippen LogP contribution in [0.5, 0.6) is 0 Å². The van der Waals surface area contributed by atoms with Crippen molar-refractivity contribution >= 4 is 5.97 Å². The van der Waals surface area contributed by atoms with E-state index in [0.717, 1.165) is 19.3 Å². The highest BCUT2D eigenvalue weighted by Crippen LogP contribution is 2.20. The van der Waals surface area contributed by atoms with Gasteiger partial charge in [-0.05, 0) is 26.2 Å². The summed E-state index contributed by atoms with van der Waals surface area (Å²) in [5.41, 5.74) is 0. The summed E-state index contributed by atoms with van der Waals surface area (Å²) in [6.45, 7) is 1.99. The van der Waals surface area contributed by atoms with E-state index in [4.69, 9.17) is 9.84 Å². The summed E-state index contributed by atoms with van der Waals surface area (Å²) in [5, 5.41) is 8.47. The van der Waals surface area contributed by atoms with Crippen LogP contribution in [0.2, 0.25) is 0 Å². The smallest absolute Gasteiger partial charge is 0.305 e. The van der Waals surface area contributed by atoms with Crippen LogP contribution >= 0.6 is 0 Å². The summed E-state index contributed by atoms with van der Waals surface area (Å²) in [4.78, 5) is 10.3. The van der Waals surface area contributed by atoms with Gasteiger partial charge in [-0.1, -0.05) is 0 Å². The van der Waals surface area contributed by atoms with Gasteiger partial charge in [-0.2, -0.15) is 0 Å². The molecule has 0 aliphatic carbocycles. The van der Waals surface area contributed by atoms with Crippen LogP contribution in [0.25, 0.3) is 0 Å². The maximum Gasteiger partial charge on any atom is 0.305 e. The van der Waals surface area contributed by atoms with Gasteiger partial charge in [-0.15, -0.1) is 0 Å². The zero-order valence-electron chi connectivity index (χ0n) is 6.75. The Hall–Kier alpha value is -0.570. The van der Waals surface area contributed by atoms with Gasteiger partial charge in [-0.25, -0.2) is 0 Å². The summed E-state index contributed by atoms with van der Waals surface area (Å²) in [5.74, 6) is -0.760. The van der Waals surface area contributed by atoms with Gasteiger partial charge in [0.1, 0.15) is 0 Å². The van der Waals surface area contributed by atoms with Crippen molar-refractivity contribution in [2.75, 3.05) is 0 Å². The second-order valence-electron chi connectivity index (χ2n) is 3.10. The fraction of sp³-hybridized carbons (Fsp3) is 0.875. The molecule has 0 aromatic heterocycles. The average Bonchev–Trinajstić information content (AvgIpc) is 1.85. The van der Waals surface area contributed by atoms with Crippen molar-refractivity contribution < 1.29 is 14.6 Å². The van der Waals surface area contributed by atoms with Gasteiger partial charge in [-0.3, -0.25) is 4.79 Å². The fourth-order valence-corrected chi connectivity index (χ4v) is 1.44. The molecule has 1 rings (SSSR count). The number of hydrogen-bond acceptors (Lipinski definition) is 2. The first-order chi connectivity index (χ1) is 5.18. The maximum absolute atomic E-state index is 10.3. The summed E-state index contributed by atoms with van der Waals surface area (Å²) in [6, 6.07) is 0. The Morgan fingerprint density at radius 2 is 2.36 bits per heavy atom. The lowest BCUT2D eigenvalue weighted by Gasteiger charge is -2.26. The lowest BCUT2D eigenvalue weighted by atomic mass is 10.0. The molecule has 0 saturated carbocycles. The lowest BCUT2D eigenvalue weighted by molar-refractivity contribution is -0.142. The molecule has 1 N–H and O–H groups in total. The third-order valence-electron chi connectivity index (χ3n) is 1.96. The molecule has 0 radical (unpaired) electrons. The molecule has 3 nitrogen and oxygen atoms in total. The molecule has 1 aliphatic rings. The quantitative estimate of drug-likeness (QED) is 0.661. The molecule has 1 heterocycles. The van der Waals surface area contributed by atoms with E-state index in [2.05, 4.69) is 0 Å². The molecule has 0 unspecified atom stereocenters. The largest absolute Gasteiger partial charge is 0.481 e. The first-order valence-corrected chi connectivity index (χ1v) is 4.05. The molecule has 11 heavy (non-hydrogen) atoms. The van der Waals surface area contributed by atoms with Gasteiger partial charge in [0.2, 0.25) is 0 Å². The van der Waals surface area contributed by atoms with E-state index in [0.29, 0.717) is 0 Å². The summed E-state index contributed by atoms with van der Waals surface area (Å²) < 4.78 is 5.42. The first-order valence-electron chi connectivity index (χ1n) is 4.05. The molecular weight excluding hydrogens is 144 g/mol. The number of carbonyl (C=O) groups is 1. The molecule has 64 valence electrons. The number of ether oxygens (including phenoxy) is 1. The number of hydrogen-bond donors (Lipinski definition) is 1. The van der Waals surface area contributed by atoms with Crippen molar-refractivity contribution in [2.45, 2.75) is 44.8 Å². The Balaban J connectivity index is 2.28. The predicted octanol–water partition coefficient (Wildman–Crippen LogP) is 1.42. The summed E-state index contributed by atoms with van der Waals surface area (Å²) in [6.07, 6.45) is 3.42. The molecular formula is C8H14O3. The summed E-state index contributed by atoms with van der Waals surface area (Å²) in [7, 11) is 0. The van der Waals surface area contributed by atoms with Crippen molar-refractivity contribution in [1.29, 1.82) is 0 Å². The Morgan fingerprint density at radius 1 is 1.64 bits per heavy atom. The van der Waals surface area contributed by atoms with Gasteiger partial charge in [0.05, 0.1) is 18.6 Å². The minimum Gasteiger partial charge on any atom is -0.481 e. The van der Waals surface area contributed by atoms with Gasteiger partial charge in [0.15, 0.2) is 0 Å². The van der Waals surface area contributed by atoms with Gasteiger partial charge in [0, 0.05) is 0 Å². The zero-order valence-corrected chi connectivity index (χ0v) is 6.75. The second kappa shape index (κ2) is 3.72. The first kappa shape index (κ1) is 8.53. The Kier molecular flexibility index (Phi) is 2.88. The molecule has 0 aromatic rings. The number of aliphatic carboxylic acids is 1.